The van der Waals surface area contributed by atoms with Crippen LogP contribution in [-0.4, -0.2) is 47.9 Å². The summed E-state index contributed by atoms with van der Waals surface area (Å²) in [5, 5.41) is 0.309. The first-order valence-corrected chi connectivity index (χ1v) is 12.8. The van der Waals surface area contributed by atoms with Crippen LogP contribution in [0.5, 0.6) is 5.75 Å². The average molecular weight is 489 g/mol. The molecule has 0 amide bonds. The van der Waals surface area contributed by atoms with Crippen molar-refractivity contribution >= 4 is 27.4 Å². The first-order chi connectivity index (χ1) is 15.8. The maximum Gasteiger partial charge on any atom is 0.258 e. The number of hydrogen-bond acceptors (Lipinski definition) is 7. The normalized spacial score (nSPS) is 14.9. The third-order valence-corrected chi connectivity index (χ3v) is 7.64. The van der Waals surface area contributed by atoms with Gasteiger partial charge in [0.1, 0.15) is 11.9 Å². The molecule has 0 bridgehead atoms. The predicted octanol–water partition coefficient (Wildman–Crippen LogP) is 3.43. The lowest BCUT2D eigenvalue weighted by molar-refractivity contribution is 0.170. The fraction of sp³-hybridized carbons (Fsp3) is 0.348. The van der Waals surface area contributed by atoms with Gasteiger partial charge in [0.15, 0.2) is 9.84 Å². The maximum absolute atomic E-state index is 12.7. The Bertz CT molecular complexity index is 1280. The highest BCUT2D eigenvalue weighted by molar-refractivity contribution is 7.91. The van der Waals surface area contributed by atoms with Crippen LogP contribution in [0.3, 0.4) is 0 Å². The van der Waals surface area contributed by atoms with E-state index in [2.05, 4.69) is 14.9 Å². The minimum Gasteiger partial charge on any atom is -0.488 e. The molecule has 1 aliphatic rings. The summed E-state index contributed by atoms with van der Waals surface area (Å²) in [6, 6.07) is 7.52. The zero-order valence-electron chi connectivity index (χ0n) is 18.4. The van der Waals surface area contributed by atoms with Gasteiger partial charge in [0.05, 0.1) is 15.7 Å². The van der Waals surface area contributed by atoms with Crippen LogP contribution < -0.4 is 15.2 Å². The van der Waals surface area contributed by atoms with Gasteiger partial charge in [0.2, 0.25) is 5.95 Å². The fourth-order valence-electron chi connectivity index (χ4n) is 3.67. The van der Waals surface area contributed by atoms with Crippen molar-refractivity contribution in [2.45, 2.75) is 37.7 Å². The summed E-state index contributed by atoms with van der Waals surface area (Å²) in [6.07, 6.45) is 6.54. The zero-order chi connectivity index (χ0) is 23.6. The molecular formula is C23H25ClN4O4S. The van der Waals surface area contributed by atoms with Crippen molar-refractivity contribution in [2.75, 3.05) is 23.7 Å². The lowest BCUT2D eigenvalue weighted by atomic mass is 10.1. The molecule has 0 N–H and O–H groups in total. The molecule has 33 heavy (non-hydrogen) atoms. The number of sulfone groups is 1. The van der Waals surface area contributed by atoms with Gasteiger partial charge < -0.3 is 9.64 Å². The number of nitrogens with zero attached hydrogens (tertiary/aromatic N) is 4. The van der Waals surface area contributed by atoms with Crippen LogP contribution in [0.4, 0.5) is 5.95 Å². The molecule has 0 aliphatic carbocycles. The van der Waals surface area contributed by atoms with Crippen molar-refractivity contribution < 1.29 is 13.2 Å². The van der Waals surface area contributed by atoms with Crippen molar-refractivity contribution in [3.05, 3.63) is 69.9 Å². The Morgan fingerprint density at radius 1 is 1.12 bits per heavy atom. The molecule has 0 spiro atoms. The molecule has 0 radical (unpaired) electrons. The summed E-state index contributed by atoms with van der Waals surface area (Å²) in [5.41, 5.74) is 1.23. The van der Waals surface area contributed by atoms with Gasteiger partial charge in [0, 0.05) is 56.3 Å². The fourth-order valence-corrected chi connectivity index (χ4v) is 4.75. The molecule has 1 aromatic carbocycles. The third kappa shape index (κ3) is 5.20. The first kappa shape index (κ1) is 23.3. The van der Waals surface area contributed by atoms with Gasteiger partial charge in [-0.2, -0.15) is 0 Å². The second-order valence-electron chi connectivity index (χ2n) is 7.96. The van der Waals surface area contributed by atoms with E-state index in [4.69, 9.17) is 16.3 Å². The quantitative estimate of drug-likeness (QED) is 0.524. The molecule has 0 unspecified atom stereocenters. The van der Waals surface area contributed by atoms with Gasteiger partial charge in [0.25, 0.3) is 5.56 Å². The van der Waals surface area contributed by atoms with E-state index in [0.717, 1.165) is 31.5 Å². The highest BCUT2D eigenvalue weighted by atomic mass is 35.5. The van der Waals surface area contributed by atoms with Gasteiger partial charge in [-0.25, -0.2) is 18.4 Å². The molecule has 10 heteroatoms. The first-order valence-electron chi connectivity index (χ1n) is 10.7. The Hall–Kier alpha value is -2.91. The van der Waals surface area contributed by atoms with Crippen molar-refractivity contribution in [2.24, 2.45) is 0 Å². The minimum absolute atomic E-state index is 0.0150. The smallest absolute Gasteiger partial charge is 0.258 e. The minimum atomic E-state index is -3.31. The second kappa shape index (κ2) is 9.52. The largest absolute Gasteiger partial charge is 0.488 e. The van der Waals surface area contributed by atoms with E-state index in [9.17, 15) is 13.2 Å². The van der Waals surface area contributed by atoms with Gasteiger partial charge >= 0.3 is 0 Å². The summed E-state index contributed by atoms with van der Waals surface area (Å²) >= 11 is 6.43. The maximum atomic E-state index is 12.7. The summed E-state index contributed by atoms with van der Waals surface area (Å²) in [5.74, 6) is 1.06. The lowest BCUT2D eigenvalue weighted by Crippen LogP contribution is -2.39. The van der Waals surface area contributed by atoms with Gasteiger partial charge in [-0.05, 0) is 36.8 Å². The molecular weight excluding hydrogens is 464 g/mol. The van der Waals surface area contributed by atoms with Crippen LogP contribution in [0.2, 0.25) is 5.02 Å². The molecule has 0 atom stereocenters. The van der Waals surface area contributed by atoms with Crippen molar-refractivity contribution in [3.8, 4) is 11.4 Å². The number of pyridine rings is 1. The van der Waals surface area contributed by atoms with Crippen molar-refractivity contribution in [1.29, 1.82) is 0 Å². The van der Waals surface area contributed by atoms with Gasteiger partial charge in [-0.1, -0.05) is 18.5 Å². The van der Waals surface area contributed by atoms with E-state index >= 15 is 0 Å². The zero-order valence-corrected chi connectivity index (χ0v) is 20.0. The van der Waals surface area contributed by atoms with E-state index in [0.29, 0.717) is 22.4 Å². The van der Waals surface area contributed by atoms with Crippen LogP contribution in [0.15, 0.2) is 58.6 Å². The molecule has 1 saturated heterocycles. The molecule has 4 rings (SSSR count). The molecule has 1 aliphatic heterocycles. The molecule has 3 heterocycles. The SMILES string of the molecule is CCS(=O)(=O)c1ccc(-n2cc(Cl)c(OC3CCN(c4ncc(C)cn4)CC3)cc2=O)cc1. The Morgan fingerprint density at radius 2 is 1.76 bits per heavy atom. The summed E-state index contributed by atoms with van der Waals surface area (Å²) < 4.78 is 31.4. The Kier molecular flexibility index (Phi) is 6.71. The molecule has 8 nitrogen and oxygen atoms in total. The number of piperidine rings is 1. The number of hydrogen-bond donors (Lipinski definition) is 0. The molecule has 3 aromatic rings. The van der Waals surface area contributed by atoms with E-state index in [-0.39, 0.29) is 22.3 Å². The average Bonchev–Trinajstić information content (AvgIpc) is 2.82. The molecule has 0 saturated carbocycles. The number of rotatable bonds is 6. The Balaban J connectivity index is 1.45. The number of anilines is 1. The van der Waals surface area contributed by atoms with Crippen molar-refractivity contribution in [3.63, 3.8) is 0 Å². The Labute approximate surface area is 197 Å². The second-order valence-corrected chi connectivity index (χ2v) is 10.6. The summed E-state index contributed by atoms with van der Waals surface area (Å²) in [6.45, 7) is 5.03. The van der Waals surface area contributed by atoms with Gasteiger partial charge in [-0.15, -0.1) is 0 Å². The van der Waals surface area contributed by atoms with Crippen LogP contribution in [-0.2, 0) is 9.84 Å². The number of aryl methyl sites for hydroxylation is 1. The van der Waals surface area contributed by atoms with Crippen molar-refractivity contribution in [1.82, 2.24) is 14.5 Å². The highest BCUT2D eigenvalue weighted by Crippen LogP contribution is 2.27. The summed E-state index contributed by atoms with van der Waals surface area (Å²) in [4.78, 5) is 23.8. The van der Waals surface area contributed by atoms with Crippen LogP contribution in [0, 0.1) is 6.92 Å². The summed E-state index contributed by atoms with van der Waals surface area (Å²) in [7, 11) is -3.31. The van der Waals surface area contributed by atoms with E-state index in [1.165, 1.54) is 29.0 Å². The number of halogens is 1. The van der Waals surface area contributed by atoms with E-state index in [1.807, 2.05) is 6.92 Å². The van der Waals surface area contributed by atoms with Crippen LogP contribution in [0.25, 0.3) is 5.69 Å². The third-order valence-electron chi connectivity index (χ3n) is 5.61. The lowest BCUT2D eigenvalue weighted by Gasteiger charge is -2.32. The molecule has 174 valence electrons. The van der Waals surface area contributed by atoms with Gasteiger partial charge in [-0.3, -0.25) is 9.36 Å². The highest BCUT2D eigenvalue weighted by Gasteiger charge is 2.23. The van der Waals surface area contributed by atoms with Crippen LogP contribution >= 0.6 is 11.6 Å². The molecule has 2 aromatic heterocycles. The number of benzene rings is 1. The number of aromatic nitrogens is 3. The standard InChI is InChI=1S/C23H25ClN4O4S/c1-3-33(30,31)19-6-4-17(5-7-19)28-15-20(24)21(12-22(28)29)32-18-8-10-27(11-9-18)23-25-13-16(2)14-26-23/h4-7,12-15,18H,3,8-11H2,1-2H3. The van der Waals surface area contributed by atoms with Crippen LogP contribution in [0.1, 0.15) is 25.3 Å². The predicted molar refractivity (Wildman–Crippen MR) is 127 cm³/mol. The molecule has 1 fully saturated rings. The number of ether oxygens (including phenoxy) is 1. The monoisotopic (exact) mass is 488 g/mol. The topological polar surface area (TPSA) is 94.4 Å². The van der Waals surface area contributed by atoms with E-state index in [1.54, 1.807) is 31.5 Å². The van der Waals surface area contributed by atoms with E-state index < -0.39 is 9.84 Å². The Morgan fingerprint density at radius 3 is 2.36 bits per heavy atom.